The van der Waals surface area contributed by atoms with E-state index in [4.69, 9.17) is 21.4 Å². The second-order valence-electron chi connectivity index (χ2n) is 4.03. The average Bonchev–Trinajstić information content (AvgIpc) is 2.71. The van der Waals surface area contributed by atoms with Gasteiger partial charge in [0, 0.05) is 19.7 Å². The topological polar surface area (TPSA) is 45.6 Å². The number of halogens is 1. The summed E-state index contributed by atoms with van der Waals surface area (Å²) >= 11 is 7.41. The molecule has 2 heterocycles. The first-order valence-electron chi connectivity index (χ1n) is 5.87. The van der Waals surface area contributed by atoms with Crippen molar-refractivity contribution in [1.82, 2.24) is 4.98 Å². The molecule has 1 aromatic heterocycles. The fraction of sp³-hybridized carbons (Fsp3) is 0.727. The Morgan fingerprint density at radius 2 is 2.47 bits per heavy atom. The lowest BCUT2D eigenvalue weighted by Gasteiger charge is -2.32. The first-order valence-corrected chi connectivity index (χ1v) is 7.06. The smallest absolute Gasteiger partial charge is 0.187 e. The zero-order valence-electron chi connectivity index (χ0n) is 9.86. The van der Waals surface area contributed by atoms with E-state index in [1.165, 1.54) is 11.3 Å². The molecule has 0 saturated carbocycles. The maximum Gasteiger partial charge on any atom is 0.187 e. The summed E-state index contributed by atoms with van der Waals surface area (Å²) in [5.41, 5.74) is 0. The summed E-state index contributed by atoms with van der Waals surface area (Å²) in [5.74, 6) is 0. The van der Waals surface area contributed by atoms with E-state index in [1.54, 1.807) is 0 Å². The summed E-state index contributed by atoms with van der Waals surface area (Å²) in [6, 6.07) is 0. The van der Waals surface area contributed by atoms with Crippen LogP contribution in [0.2, 0.25) is 5.15 Å². The van der Waals surface area contributed by atoms with E-state index in [0.29, 0.717) is 5.15 Å². The number of rotatable bonds is 4. The maximum absolute atomic E-state index is 9.11. The molecule has 2 rings (SSSR count). The van der Waals surface area contributed by atoms with Gasteiger partial charge in [0.25, 0.3) is 0 Å². The van der Waals surface area contributed by atoms with Gasteiger partial charge in [-0.3, -0.25) is 0 Å². The van der Waals surface area contributed by atoms with Crippen molar-refractivity contribution in [3.8, 4) is 0 Å². The highest BCUT2D eigenvalue weighted by Crippen LogP contribution is 2.31. The Morgan fingerprint density at radius 3 is 3.12 bits per heavy atom. The van der Waals surface area contributed by atoms with Gasteiger partial charge in [-0.05, 0) is 19.8 Å². The number of nitrogens with zero attached hydrogens (tertiary/aromatic N) is 2. The largest absolute Gasteiger partial charge is 0.391 e. The number of aliphatic hydroxyl groups is 1. The first-order chi connectivity index (χ1) is 8.24. The monoisotopic (exact) mass is 276 g/mol. The van der Waals surface area contributed by atoms with E-state index < -0.39 is 0 Å². The lowest BCUT2D eigenvalue weighted by Crippen LogP contribution is -2.39. The molecule has 1 aliphatic rings. The van der Waals surface area contributed by atoms with Gasteiger partial charge in [-0.2, -0.15) is 0 Å². The van der Waals surface area contributed by atoms with E-state index in [2.05, 4.69) is 9.88 Å². The third kappa shape index (κ3) is 3.10. The highest BCUT2D eigenvalue weighted by Gasteiger charge is 2.23. The lowest BCUT2D eigenvalue weighted by atomic mass is 10.1. The number of anilines is 1. The van der Waals surface area contributed by atoms with Crippen LogP contribution in [0.1, 0.15) is 24.6 Å². The van der Waals surface area contributed by atoms with Crippen LogP contribution in [-0.4, -0.2) is 35.9 Å². The van der Waals surface area contributed by atoms with Crippen molar-refractivity contribution in [2.75, 3.05) is 24.6 Å². The van der Waals surface area contributed by atoms with Crippen LogP contribution in [-0.2, 0) is 11.3 Å². The van der Waals surface area contributed by atoms with Gasteiger partial charge >= 0.3 is 0 Å². The van der Waals surface area contributed by atoms with E-state index in [9.17, 15) is 0 Å². The van der Waals surface area contributed by atoms with E-state index in [0.717, 1.165) is 42.5 Å². The molecule has 0 spiro atoms. The SMILES string of the molecule is CCOC1CCCN(c2nc(Cl)c(CO)s2)C1. The molecule has 0 radical (unpaired) electrons. The van der Waals surface area contributed by atoms with Crippen LogP contribution in [0.15, 0.2) is 0 Å². The summed E-state index contributed by atoms with van der Waals surface area (Å²) in [5, 5.41) is 10.4. The highest BCUT2D eigenvalue weighted by molar-refractivity contribution is 7.16. The van der Waals surface area contributed by atoms with Crippen molar-refractivity contribution in [3.63, 3.8) is 0 Å². The molecular weight excluding hydrogens is 260 g/mol. The van der Waals surface area contributed by atoms with Gasteiger partial charge in [-0.15, -0.1) is 0 Å². The van der Waals surface area contributed by atoms with Crippen LogP contribution < -0.4 is 4.90 Å². The summed E-state index contributed by atoms with van der Waals surface area (Å²) < 4.78 is 5.65. The van der Waals surface area contributed by atoms with Crippen molar-refractivity contribution in [1.29, 1.82) is 0 Å². The van der Waals surface area contributed by atoms with Crippen LogP contribution in [0.5, 0.6) is 0 Å². The normalized spacial score (nSPS) is 20.9. The second kappa shape index (κ2) is 6.00. The van der Waals surface area contributed by atoms with Crippen molar-refractivity contribution < 1.29 is 9.84 Å². The molecule has 0 amide bonds. The zero-order valence-corrected chi connectivity index (χ0v) is 11.4. The zero-order chi connectivity index (χ0) is 12.3. The van der Waals surface area contributed by atoms with Gasteiger partial charge in [-0.25, -0.2) is 4.98 Å². The molecule has 6 heteroatoms. The molecule has 1 fully saturated rings. The van der Waals surface area contributed by atoms with Gasteiger partial charge in [0.15, 0.2) is 5.13 Å². The van der Waals surface area contributed by atoms with Crippen molar-refractivity contribution in [2.45, 2.75) is 32.5 Å². The van der Waals surface area contributed by atoms with Crippen LogP contribution in [0.3, 0.4) is 0 Å². The first kappa shape index (κ1) is 13.1. The Hall–Kier alpha value is -0.360. The second-order valence-corrected chi connectivity index (χ2v) is 5.45. The maximum atomic E-state index is 9.11. The minimum atomic E-state index is -0.0424. The van der Waals surface area contributed by atoms with Crippen molar-refractivity contribution in [3.05, 3.63) is 10.0 Å². The highest BCUT2D eigenvalue weighted by atomic mass is 35.5. The van der Waals surface area contributed by atoms with Gasteiger partial charge < -0.3 is 14.7 Å². The molecule has 0 aliphatic carbocycles. The number of piperidine rings is 1. The average molecular weight is 277 g/mol. The molecule has 4 nitrogen and oxygen atoms in total. The number of thiazole rings is 1. The van der Waals surface area contributed by atoms with Crippen molar-refractivity contribution in [2.24, 2.45) is 0 Å². The Balaban J connectivity index is 2.05. The molecular formula is C11H17ClN2O2S. The molecule has 1 saturated heterocycles. The van der Waals surface area contributed by atoms with E-state index in [1.807, 2.05) is 6.92 Å². The molecule has 1 unspecified atom stereocenters. The lowest BCUT2D eigenvalue weighted by molar-refractivity contribution is 0.0526. The molecule has 1 N–H and O–H groups in total. The Morgan fingerprint density at radius 1 is 1.65 bits per heavy atom. The molecule has 1 aliphatic heterocycles. The van der Waals surface area contributed by atoms with Gasteiger partial charge in [0.1, 0.15) is 5.15 Å². The molecule has 0 aromatic carbocycles. The van der Waals surface area contributed by atoms with Crippen LogP contribution in [0.25, 0.3) is 0 Å². The summed E-state index contributed by atoms with van der Waals surface area (Å²) in [6.07, 6.45) is 2.50. The van der Waals surface area contributed by atoms with Gasteiger partial charge in [0.2, 0.25) is 0 Å². The van der Waals surface area contributed by atoms with E-state index in [-0.39, 0.29) is 12.7 Å². The minimum Gasteiger partial charge on any atom is -0.391 e. The number of aliphatic hydroxyl groups excluding tert-OH is 1. The van der Waals surface area contributed by atoms with Crippen LogP contribution >= 0.6 is 22.9 Å². The number of hydrogen-bond donors (Lipinski definition) is 1. The molecule has 0 bridgehead atoms. The summed E-state index contributed by atoms with van der Waals surface area (Å²) in [6.45, 7) is 4.57. The van der Waals surface area contributed by atoms with Gasteiger partial charge in [-0.1, -0.05) is 22.9 Å². The third-order valence-corrected chi connectivity index (χ3v) is 4.36. The predicted molar refractivity (Wildman–Crippen MR) is 69.9 cm³/mol. The Bertz CT molecular complexity index is 370. The molecule has 96 valence electrons. The predicted octanol–water partition coefficient (Wildman–Crippen LogP) is 2.29. The Labute approximate surface area is 110 Å². The number of ether oxygens (including phenoxy) is 1. The number of hydrogen-bond acceptors (Lipinski definition) is 5. The van der Waals surface area contributed by atoms with E-state index >= 15 is 0 Å². The van der Waals surface area contributed by atoms with Crippen LogP contribution in [0.4, 0.5) is 5.13 Å². The summed E-state index contributed by atoms with van der Waals surface area (Å²) in [4.78, 5) is 7.22. The minimum absolute atomic E-state index is 0.0424. The standard InChI is InChI=1S/C11H17ClN2O2S/c1-2-16-8-4-3-5-14(6-8)11-13-10(12)9(7-15)17-11/h8,15H,2-7H2,1H3. The number of aromatic nitrogens is 1. The molecule has 1 atom stereocenters. The van der Waals surface area contributed by atoms with Gasteiger partial charge in [0.05, 0.1) is 17.6 Å². The molecule has 1 aromatic rings. The third-order valence-electron chi connectivity index (χ3n) is 2.83. The quantitative estimate of drug-likeness (QED) is 0.917. The fourth-order valence-corrected chi connectivity index (χ4v) is 3.19. The Kier molecular flexibility index (Phi) is 4.62. The van der Waals surface area contributed by atoms with Crippen molar-refractivity contribution >= 4 is 28.1 Å². The van der Waals surface area contributed by atoms with Crippen LogP contribution in [0, 0.1) is 0 Å². The molecule has 17 heavy (non-hydrogen) atoms. The summed E-state index contributed by atoms with van der Waals surface area (Å²) in [7, 11) is 0. The fourth-order valence-electron chi connectivity index (χ4n) is 2.04.